The summed E-state index contributed by atoms with van der Waals surface area (Å²) in [5.74, 6) is -0.0380. The second-order valence-corrected chi connectivity index (χ2v) is 8.12. The molecule has 1 aliphatic carbocycles. The minimum absolute atomic E-state index is 0.0199. The molecule has 2 bridgehead atoms. The summed E-state index contributed by atoms with van der Waals surface area (Å²) in [5.41, 5.74) is 0.728. The van der Waals surface area contributed by atoms with Crippen molar-refractivity contribution in [2.24, 2.45) is 18.9 Å². The fraction of sp³-hybridized carbons (Fsp3) is 0.364. The molecule has 8 heteroatoms. The molecule has 2 aromatic heterocycles. The summed E-state index contributed by atoms with van der Waals surface area (Å²) < 4.78 is 7.26. The Morgan fingerprint density at radius 1 is 1.13 bits per heavy atom. The number of carbonyl (C=O) groups is 2. The molecule has 30 heavy (non-hydrogen) atoms. The van der Waals surface area contributed by atoms with Gasteiger partial charge >= 0.3 is 0 Å². The molecule has 3 atom stereocenters. The van der Waals surface area contributed by atoms with E-state index in [0.717, 1.165) is 12.8 Å². The average molecular weight is 406 g/mol. The monoisotopic (exact) mass is 406 g/mol. The number of hydrogen-bond donors (Lipinski definition) is 1. The summed E-state index contributed by atoms with van der Waals surface area (Å²) in [5, 5.41) is 7.60. The SMILES string of the molecule is Cn1nccc1C(=O)N1C[C@H]2CC[C@@H](C1)C2NC(=O)c1cc(=O)c2ccccc2o1. The van der Waals surface area contributed by atoms with Crippen LogP contribution < -0.4 is 10.7 Å². The molecular weight excluding hydrogens is 384 g/mol. The van der Waals surface area contributed by atoms with Crippen molar-refractivity contribution in [2.75, 3.05) is 13.1 Å². The Bertz CT molecular complexity index is 1180. The van der Waals surface area contributed by atoms with Gasteiger partial charge in [0.2, 0.25) is 0 Å². The first-order chi connectivity index (χ1) is 14.5. The number of para-hydroxylation sites is 1. The summed E-state index contributed by atoms with van der Waals surface area (Å²) in [6.45, 7) is 1.18. The molecule has 2 fully saturated rings. The first kappa shape index (κ1) is 18.6. The van der Waals surface area contributed by atoms with Crippen LogP contribution >= 0.6 is 0 Å². The van der Waals surface area contributed by atoms with Gasteiger partial charge in [-0.1, -0.05) is 12.1 Å². The van der Waals surface area contributed by atoms with Gasteiger partial charge in [-0.25, -0.2) is 0 Å². The molecular formula is C22H22N4O4. The topological polar surface area (TPSA) is 97.4 Å². The number of nitrogens with one attached hydrogen (secondary N) is 1. The van der Waals surface area contributed by atoms with E-state index in [9.17, 15) is 14.4 Å². The van der Waals surface area contributed by atoms with Gasteiger partial charge in [-0.2, -0.15) is 5.10 Å². The number of carbonyl (C=O) groups excluding carboxylic acids is 2. The third-order valence-electron chi connectivity index (χ3n) is 6.32. The van der Waals surface area contributed by atoms with E-state index in [4.69, 9.17) is 4.42 Å². The number of benzene rings is 1. The highest BCUT2D eigenvalue weighted by molar-refractivity contribution is 5.94. The van der Waals surface area contributed by atoms with E-state index in [0.29, 0.717) is 29.8 Å². The Labute approximate surface area is 172 Å². The van der Waals surface area contributed by atoms with Gasteiger partial charge in [0.25, 0.3) is 11.8 Å². The minimum atomic E-state index is -0.383. The van der Waals surface area contributed by atoms with E-state index in [2.05, 4.69) is 10.4 Å². The van der Waals surface area contributed by atoms with Crippen LogP contribution in [-0.4, -0.2) is 45.6 Å². The number of fused-ring (bicyclic) bond motifs is 3. The molecule has 0 radical (unpaired) electrons. The summed E-state index contributed by atoms with van der Waals surface area (Å²) in [4.78, 5) is 39.8. The highest BCUT2D eigenvalue weighted by atomic mass is 16.3. The largest absolute Gasteiger partial charge is 0.451 e. The van der Waals surface area contributed by atoms with Crippen LogP contribution in [0.25, 0.3) is 11.0 Å². The molecule has 1 saturated heterocycles. The van der Waals surface area contributed by atoms with Gasteiger partial charge in [0.05, 0.1) is 5.39 Å². The lowest BCUT2D eigenvalue weighted by molar-refractivity contribution is 0.0584. The standard InChI is InChI=1S/C22H22N4O4/c1-25-16(8-9-23-25)22(29)26-11-13-6-7-14(12-26)20(13)24-21(28)19-10-17(27)15-4-2-3-5-18(15)30-19/h2-5,8-10,13-14,20H,6-7,11-12H2,1H3,(H,24,28)/t13-,14+,20?. The molecule has 154 valence electrons. The van der Waals surface area contributed by atoms with Crippen molar-refractivity contribution in [1.82, 2.24) is 20.0 Å². The van der Waals surface area contributed by atoms with Crippen molar-refractivity contribution in [3.63, 3.8) is 0 Å². The average Bonchev–Trinajstić information content (AvgIpc) is 3.26. The van der Waals surface area contributed by atoms with E-state index in [1.54, 1.807) is 48.3 Å². The summed E-state index contributed by atoms with van der Waals surface area (Å²) >= 11 is 0. The molecule has 8 nitrogen and oxygen atoms in total. The van der Waals surface area contributed by atoms with Crippen LogP contribution in [0.1, 0.15) is 33.9 Å². The van der Waals surface area contributed by atoms with Crippen molar-refractivity contribution < 1.29 is 14.0 Å². The van der Waals surface area contributed by atoms with Gasteiger partial charge in [0, 0.05) is 38.4 Å². The van der Waals surface area contributed by atoms with Crippen molar-refractivity contribution >= 4 is 22.8 Å². The third kappa shape index (κ3) is 3.08. The van der Waals surface area contributed by atoms with Crippen LogP contribution in [0.4, 0.5) is 0 Å². The third-order valence-corrected chi connectivity index (χ3v) is 6.32. The number of aromatic nitrogens is 2. The van der Waals surface area contributed by atoms with Crippen LogP contribution in [0.3, 0.4) is 0 Å². The van der Waals surface area contributed by atoms with Gasteiger partial charge in [-0.15, -0.1) is 0 Å². The van der Waals surface area contributed by atoms with Crippen molar-refractivity contribution in [3.8, 4) is 0 Å². The van der Waals surface area contributed by atoms with E-state index in [1.165, 1.54) is 6.07 Å². The number of nitrogens with zero attached hydrogens (tertiary/aromatic N) is 3. The highest BCUT2D eigenvalue weighted by Crippen LogP contribution is 2.37. The van der Waals surface area contributed by atoms with Gasteiger partial charge in [-0.3, -0.25) is 19.1 Å². The molecule has 1 saturated carbocycles. The molecule has 1 aromatic carbocycles. The molecule has 1 unspecified atom stereocenters. The van der Waals surface area contributed by atoms with Crippen molar-refractivity contribution in [2.45, 2.75) is 18.9 Å². The number of aryl methyl sites for hydroxylation is 1. The smallest absolute Gasteiger partial charge is 0.287 e. The highest BCUT2D eigenvalue weighted by Gasteiger charge is 2.44. The lowest BCUT2D eigenvalue weighted by atomic mass is 9.91. The maximum absolute atomic E-state index is 12.8. The summed E-state index contributed by atoms with van der Waals surface area (Å²) in [6.07, 6.45) is 3.52. The first-order valence-corrected chi connectivity index (χ1v) is 10.1. The Morgan fingerprint density at radius 3 is 2.57 bits per heavy atom. The molecule has 0 spiro atoms. The zero-order valence-electron chi connectivity index (χ0n) is 16.6. The van der Waals surface area contributed by atoms with Crippen LogP contribution in [0, 0.1) is 11.8 Å². The number of amides is 2. The Kier molecular flexibility index (Phi) is 4.42. The van der Waals surface area contributed by atoms with E-state index >= 15 is 0 Å². The normalized spacial score (nSPS) is 23.0. The predicted molar refractivity (Wildman–Crippen MR) is 109 cm³/mol. The van der Waals surface area contributed by atoms with Crippen molar-refractivity contribution in [3.05, 3.63) is 64.3 Å². The Hall–Kier alpha value is -3.42. The molecule has 3 aromatic rings. The van der Waals surface area contributed by atoms with E-state index in [-0.39, 0.29) is 40.9 Å². The number of hydrogen-bond acceptors (Lipinski definition) is 5. The van der Waals surface area contributed by atoms with E-state index < -0.39 is 0 Å². The van der Waals surface area contributed by atoms with Crippen LogP contribution in [-0.2, 0) is 7.05 Å². The quantitative estimate of drug-likeness (QED) is 0.715. The lowest BCUT2D eigenvalue weighted by Crippen LogP contribution is -2.54. The van der Waals surface area contributed by atoms with Crippen molar-refractivity contribution in [1.29, 1.82) is 0 Å². The first-order valence-electron chi connectivity index (χ1n) is 10.1. The second-order valence-electron chi connectivity index (χ2n) is 8.12. The maximum Gasteiger partial charge on any atom is 0.287 e. The van der Waals surface area contributed by atoms with Gasteiger partial charge in [0.1, 0.15) is 11.3 Å². The predicted octanol–water partition coefficient (Wildman–Crippen LogP) is 1.81. The second kappa shape index (κ2) is 7.12. The zero-order valence-corrected chi connectivity index (χ0v) is 16.6. The van der Waals surface area contributed by atoms with Gasteiger partial charge in [0.15, 0.2) is 11.2 Å². The van der Waals surface area contributed by atoms with Crippen LogP contribution in [0.5, 0.6) is 0 Å². The fourth-order valence-electron chi connectivity index (χ4n) is 4.81. The molecule has 2 amide bonds. The fourth-order valence-corrected chi connectivity index (χ4v) is 4.81. The Balaban J connectivity index is 1.32. The lowest BCUT2D eigenvalue weighted by Gasteiger charge is -2.38. The molecule has 5 rings (SSSR count). The number of rotatable bonds is 3. The molecule has 1 aliphatic heterocycles. The minimum Gasteiger partial charge on any atom is -0.451 e. The summed E-state index contributed by atoms with van der Waals surface area (Å²) in [6, 6.07) is 9.82. The Morgan fingerprint density at radius 2 is 1.87 bits per heavy atom. The van der Waals surface area contributed by atoms with E-state index in [1.807, 2.05) is 4.90 Å². The molecule has 1 N–H and O–H groups in total. The van der Waals surface area contributed by atoms with Gasteiger partial charge in [-0.05, 0) is 42.9 Å². The van der Waals surface area contributed by atoms with Crippen LogP contribution in [0.2, 0.25) is 0 Å². The summed E-state index contributed by atoms with van der Waals surface area (Å²) in [7, 11) is 1.76. The van der Waals surface area contributed by atoms with Crippen LogP contribution in [0.15, 0.2) is 51.8 Å². The zero-order chi connectivity index (χ0) is 20.8. The molecule has 2 aliphatic rings. The molecule has 3 heterocycles. The number of likely N-dealkylation sites (tertiary alicyclic amines) is 1. The van der Waals surface area contributed by atoms with Gasteiger partial charge < -0.3 is 14.6 Å². The maximum atomic E-state index is 12.8. The number of piperidine rings is 1.